The number of carboxylic acid groups (broad SMARTS) is 1. The molecule has 3 rings (SSSR count). The first-order valence-electron chi connectivity index (χ1n) is 7.12. The van der Waals surface area contributed by atoms with Gasteiger partial charge in [0.15, 0.2) is 5.69 Å². The first-order chi connectivity index (χ1) is 11.0. The van der Waals surface area contributed by atoms with Crippen LogP contribution in [-0.2, 0) is 0 Å². The maximum atomic E-state index is 11.3. The fourth-order valence-corrected chi connectivity index (χ4v) is 2.50. The number of nitrogens with zero attached hydrogens (tertiary/aromatic N) is 2. The molecule has 2 aromatic carbocycles. The van der Waals surface area contributed by atoms with Crippen LogP contribution in [0, 0.1) is 13.8 Å². The average Bonchev–Trinajstić information content (AvgIpc) is 2.96. The minimum Gasteiger partial charge on any atom is -0.476 e. The molecule has 0 radical (unpaired) electrons. The summed E-state index contributed by atoms with van der Waals surface area (Å²) in [6.45, 7) is 3.92. The van der Waals surface area contributed by atoms with Gasteiger partial charge in [-0.1, -0.05) is 47.5 Å². The number of hydrogen-bond acceptors (Lipinski definition) is 2. The quantitative estimate of drug-likeness (QED) is 0.770. The summed E-state index contributed by atoms with van der Waals surface area (Å²) in [5.74, 6) is -1.06. The standard InChI is InChI=1S/C18H15ClN2O2/c1-11-3-6-13(7-4-11)17-10-16(18(22)23)20-21(17)14-8-5-12(2)15(19)9-14/h3-10H,1-2H3,(H,22,23). The average molecular weight is 327 g/mol. The summed E-state index contributed by atoms with van der Waals surface area (Å²) in [6.07, 6.45) is 0. The molecule has 3 aromatic rings. The van der Waals surface area contributed by atoms with Gasteiger partial charge in [-0.25, -0.2) is 9.48 Å². The van der Waals surface area contributed by atoms with E-state index in [2.05, 4.69) is 5.10 Å². The van der Waals surface area contributed by atoms with Gasteiger partial charge in [0, 0.05) is 10.6 Å². The minimum atomic E-state index is -1.06. The summed E-state index contributed by atoms with van der Waals surface area (Å²) in [6, 6.07) is 15.0. The van der Waals surface area contributed by atoms with Crippen molar-refractivity contribution in [3.05, 3.63) is 70.4 Å². The Labute approximate surface area is 139 Å². The van der Waals surface area contributed by atoms with Crippen LogP contribution in [0.3, 0.4) is 0 Å². The molecule has 0 aliphatic rings. The molecule has 4 nitrogen and oxygen atoms in total. The highest BCUT2D eigenvalue weighted by atomic mass is 35.5. The third-order valence-electron chi connectivity index (χ3n) is 3.68. The van der Waals surface area contributed by atoms with E-state index in [0.29, 0.717) is 10.7 Å². The van der Waals surface area contributed by atoms with Crippen LogP contribution in [-0.4, -0.2) is 20.9 Å². The van der Waals surface area contributed by atoms with Crippen molar-refractivity contribution in [2.24, 2.45) is 0 Å². The van der Waals surface area contributed by atoms with Gasteiger partial charge < -0.3 is 5.11 Å². The summed E-state index contributed by atoms with van der Waals surface area (Å²) in [7, 11) is 0. The van der Waals surface area contributed by atoms with Crippen LogP contribution in [0.25, 0.3) is 16.9 Å². The first kappa shape index (κ1) is 15.3. The second-order valence-corrected chi connectivity index (χ2v) is 5.84. The monoisotopic (exact) mass is 326 g/mol. The zero-order valence-corrected chi connectivity index (χ0v) is 13.5. The molecular formula is C18H15ClN2O2. The number of aromatic carboxylic acids is 1. The Morgan fingerprint density at radius 3 is 2.39 bits per heavy atom. The molecule has 0 aliphatic carbocycles. The van der Waals surface area contributed by atoms with Gasteiger partial charge in [0.05, 0.1) is 11.4 Å². The second kappa shape index (κ2) is 5.89. The Bertz CT molecular complexity index is 883. The summed E-state index contributed by atoms with van der Waals surface area (Å²) >= 11 is 6.19. The molecule has 0 atom stereocenters. The molecule has 0 saturated heterocycles. The van der Waals surface area contributed by atoms with Crippen LogP contribution in [0.2, 0.25) is 5.02 Å². The predicted octanol–water partition coefficient (Wildman–Crippen LogP) is 4.51. The lowest BCUT2D eigenvalue weighted by atomic mass is 10.1. The molecular weight excluding hydrogens is 312 g/mol. The van der Waals surface area contributed by atoms with E-state index in [1.165, 1.54) is 0 Å². The van der Waals surface area contributed by atoms with Gasteiger partial charge in [-0.3, -0.25) is 0 Å². The van der Waals surface area contributed by atoms with Crippen LogP contribution in [0.1, 0.15) is 21.6 Å². The number of aryl methyl sites for hydroxylation is 2. The van der Waals surface area contributed by atoms with E-state index < -0.39 is 5.97 Å². The Hall–Kier alpha value is -2.59. The van der Waals surface area contributed by atoms with Gasteiger partial charge in [-0.2, -0.15) is 5.10 Å². The predicted molar refractivity (Wildman–Crippen MR) is 90.4 cm³/mol. The number of carbonyl (C=O) groups is 1. The molecule has 0 aliphatic heterocycles. The van der Waals surface area contributed by atoms with Crippen molar-refractivity contribution in [2.45, 2.75) is 13.8 Å². The van der Waals surface area contributed by atoms with Crippen LogP contribution in [0.4, 0.5) is 0 Å². The molecule has 0 unspecified atom stereocenters. The zero-order valence-electron chi connectivity index (χ0n) is 12.7. The van der Waals surface area contributed by atoms with Crippen molar-refractivity contribution < 1.29 is 9.90 Å². The van der Waals surface area contributed by atoms with Crippen molar-refractivity contribution in [3.8, 4) is 16.9 Å². The van der Waals surface area contributed by atoms with E-state index in [1.54, 1.807) is 16.8 Å². The Balaban J connectivity index is 2.20. The first-order valence-corrected chi connectivity index (χ1v) is 7.50. The van der Waals surface area contributed by atoms with Crippen molar-refractivity contribution in [3.63, 3.8) is 0 Å². The highest BCUT2D eigenvalue weighted by molar-refractivity contribution is 6.31. The number of aromatic nitrogens is 2. The maximum absolute atomic E-state index is 11.3. The summed E-state index contributed by atoms with van der Waals surface area (Å²) in [5.41, 5.74) is 4.42. The third kappa shape index (κ3) is 2.98. The number of benzene rings is 2. The number of hydrogen-bond donors (Lipinski definition) is 1. The molecule has 0 amide bonds. The maximum Gasteiger partial charge on any atom is 0.356 e. The van der Waals surface area contributed by atoms with Gasteiger partial charge in [0.25, 0.3) is 0 Å². The van der Waals surface area contributed by atoms with Gasteiger partial charge in [-0.05, 0) is 37.6 Å². The van der Waals surface area contributed by atoms with Crippen molar-refractivity contribution in [1.29, 1.82) is 0 Å². The largest absolute Gasteiger partial charge is 0.476 e. The smallest absolute Gasteiger partial charge is 0.356 e. The van der Waals surface area contributed by atoms with Crippen molar-refractivity contribution in [2.75, 3.05) is 0 Å². The normalized spacial score (nSPS) is 10.7. The molecule has 0 bridgehead atoms. The van der Waals surface area contributed by atoms with Crippen molar-refractivity contribution in [1.82, 2.24) is 9.78 Å². The van der Waals surface area contributed by atoms with Gasteiger partial charge in [-0.15, -0.1) is 0 Å². The molecule has 5 heteroatoms. The Morgan fingerprint density at radius 2 is 1.78 bits per heavy atom. The third-order valence-corrected chi connectivity index (χ3v) is 4.08. The summed E-state index contributed by atoms with van der Waals surface area (Å²) in [5, 5.41) is 14.1. The lowest BCUT2D eigenvalue weighted by Gasteiger charge is -2.09. The van der Waals surface area contributed by atoms with E-state index in [9.17, 15) is 9.90 Å². The highest BCUT2D eigenvalue weighted by Crippen LogP contribution is 2.27. The minimum absolute atomic E-state index is 0.00253. The molecule has 1 aromatic heterocycles. The Morgan fingerprint density at radius 1 is 1.09 bits per heavy atom. The van der Waals surface area contributed by atoms with Crippen LogP contribution < -0.4 is 0 Å². The van der Waals surface area contributed by atoms with E-state index in [-0.39, 0.29) is 5.69 Å². The van der Waals surface area contributed by atoms with Crippen LogP contribution >= 0.6 is 11.6 Å². The Kier molecular flexibility index (Phi) is 3.92. The van der Waals surface area contributed by atoms with Crippen LogP contribution in [0.5, 0.6) is 0 Å². The summed E-state index contributed by atoms with van der Waals surface area (Å²) in [4.78, 5) is 11.3. The molecule has 0 saturated carbocycles. The topological polar surface area (TPSA) is 55.1 Å². The van der Waals surface area contributed by atoms with Gasteiger partial charge in [0.2, 0.25) is 0 Å². The lowest BCUT2D eigenvalue weighted by molar-refractivity contribution is 0.0690. The second-order valence-electron chi connectivity index (χ2n) is 5.43. The molecule has 1 heterocycles. The lowest BCUT2D eigenvalue weighted by Crippen LogP contribution is -2.02. The highest BCUT2D eigenvalue weighted by Gasteiger charge is 2.16. The summed E-state index contributed by atoms with van der Waals surface area (Å²) < 4.78 is 1.61. The van der Waals surface area contributed by atoms with E-state index in [1.807, 2.05) is 50.2 Å². The number of halogens is 1. The number of rotatable bonds is 3. The van der Waals surface area contributed by atoms with E-state index in [4.69, 9.17) is 11.6 Å². The van der Waals surface area contributed by atoms with Gasteiger partial charge in [0.1, 0.15) is 0 Å². The van der Waals surface area contributed by atoms with Crippen molar-refractivity contribution >= 4 is 17.6 Å². The number of carboxylic acids is 1. The van der Waals surface area contributed by atoms with Gasteiger partial charge >= 0.3 is 5.97 Å². The van der Waals surface area contributed by atoms with E-state index >= 15 is 0 Å². The SMILES string of the molecule is Cc1ccc(-c2cc(C(=O)O)nn2-c2ccc(C)c(Cl)c2)cc1. The molecule has 116 valence electrons. The molecule has 23 heavy (non-hydrogen) atoms. The fraction of sp³-hybridized carbons (Fsp3) is 0.111. The van der Waals surface area contributed by atoms with E-state index in [0.717, 1.165) is 22.4 Å². The van der Waals surface area contributed by atoms with Crippen LogP contribution in [0.15, 0.2) is 48.5 Å². The fourth-order valence-electron chi connectivity index (χ4n) is 2.33. The molecule has 0 fully saturated rings. The molecule has 0 spiro atoms. The molecule has 1 N–H and O–H groups in total. The zero-order chi connectivity index (χ0) is 16.6.